The summed E-state index contributed by atoms with van der Waals surface area (Å²) in [5, 5.41) is 9.79. The quantitative estimate of drug-likeness (QED) is 0.669. The van der Waals surface area contributed by atoms with Crippen LogP contribution in [-0.2, 0) is 6.54 Å². The minimum absolute atomic E-state index is 0.159. The summed E-state index contributed by atoms with van der Waals surface area (Å²) in [5.41, 5.74) is 12.4. The number of ether oxygens (including phenoxy) is 1. The topological polar surface area (TPSA) is 99.3 Å². The highest BCUT2D eigenvalue weighted by atomic mass is 16.5. The van der Waals surface area contributed by atoms with Gasteiger partial charge >= 0.3 is 0 Å². The number of nitrogens with two attached hydrogens (primary N) is 2. The lowest BCUT2D eigenvalue weighted by molar-refractivity contribution is 0.0928. The van der Waals surface area contributed by atoms with Crippen molar-refractivity contribution in [2.75, 3.05) is 18.1 Å². The van der Waals surface area contributed by atoms with E-state index in [1.54, 1.807) is 41.5 Å². The van der Waals surface area contributed by atoms with E-state index in [0.29, 0.717) is 23.7 Å². The van der Waals surface area contributed by atoms with Crippen molar-refractivity contribution in [1.29, 1.82) is 0 Å². The summed E-state index contributed by atoms with van der Waals surface area (Å²) in [5.74, 6) is 0.522. The van der Waals surface area contributed by atoms with Crippen LogP contribution in [0.2, 0.25) is 0 Å². The third-order valence-corrected chi connectivity index (χ3v) is 2.45. The molecule has 1 aromatic carbocycles. The van der Waals surface area contributed by atoms with Crippen LogP contribution in [0.4, 0.5) is 11.4 Å². The van der Waals surface area contributed by atoms with Gasteiger partial charge in [0.25, 0.3) is 0 Å². The van der Waals surface area contributed by atoms with Crippen molar-refractivity contribution in [1.82, 2.24) is 9.55 Å². The fraction of sp³-hybridized carbons (Fsp3) is 0.250. The maximum Gasteiger partial charge on any atom is 0.142 e. The largest absolute Gasteiger partial charge is 0.489 e. The molecule has 5 N–H and O–H groups in total. The Kier molecular flexibility index (Phi) is 3.69. The number of aromatic nitrogens is 2. The van der Waals surface area contributed by atoms with Crippen LogP contribution >= 0.6 is 0 Å². The fourth-order valence-electron chi connectivity index (χ4n) is 1.58. The molecule has 1 heterocycles. The van der Waals surface area contributed by atoms with Gasteiger partial charge in [0.2, 0.25) is 0 Å². The van der Waals surface area contributed by atoms with E-state index in [4.69, 9.17) is 16.2 Å². The molecule has 96 valence electrons. The second-order valence-electron chi connectivity index (χ2n) is 4.02. The van der Waals surface area contributed by atoms with Crippen molar-refractivity contribution in [3.63, 3.8) is 0 Å². The number of hydrogen-bond donors (Lipinski definition) is 3. The summed E-state index contributed by atoms with van der Waals surface area (Å²) in [6.45, 7) is 0.584. The molecule has 0 bridgehead atoms. The summed E-state index contributed by atoms with van der Waals surface area (Å²) in [6.07, 6.45) is 4.45. The number of nitrogen functional groups attached to an aromatic ring is 2. The lowest BCUT2D eigenvalue weighted by Crippen LogP contribution is -2.23. The molecular formula is C12H16N4O2. The van der Waals surface area contributed by atoms with Gasteiger partial charge in [-0.15, -0.1) is 0 Å². The molecule has 0 amide bonds. The molecule has 1 atom stereocenters. The first-order chi connectivity index (χ1) is 8.65. The molecule has 2 aromatic rings. The van der Waals surface area contributed by atoms with E-state index in [-0.39, 0.29) is 6.61 Å². The summed E-state index contributed by atoms with van der Waals surface area (Å²) in [7, 11) is 0. The van der Waals surface area contributed by atoms with Crippen LogP contribution in [0.5, 0.6) is 5.75 Å². The van der Waals surface area contributed by atoms with Crippen LogP contribution in [-0.4, -0.2) is 27.4 Å². The average Bonchev–Trinajstić information content (AvgIpc) is 2.80. The Morgan fingerprint density at radius 1 is 1.39 bits per heavy atom. The Balaban J connectivity index is 1.87. The first-order valence-electron chi connectivity index (χ1n) is 5.57. The van der Waals surface area contributed by atoms with Crippen LogP contribution in [0.15, 0.2) is 36.9 Å². The number of hydrogen-bond acceptors (Lipinski definition) is 5. The van der Waals surface area contributed by atoms with Crippen LogP contribution in [0.3, 0.4) is 0 Å². The van der Waals surface area contributed by atoms with Crippen LogP contribution < -0.4 is 16.2 Å². The maximum absolute atomic E-state index is 9.79. The zero-order chi connectivity index (χ0) is 13.0. The highest BCUT2D eigenvalue weighted by molar-refractivity contribution is 5.60. The minimum atomic E-state index is -0.629. The fourth-order valence-corrected chi connectivity index (χ4v) is 1.58. The first kappa shape index (κ1) is 12.3. The van der Waals surface area contributed by atoms with Crippen LogP contribution in [0.25, 0.3) is 0 Å². The highest BCUT2D eigenvalue weighted by Crippen LogP contribution is 2.23. The van der Waals surface area contributed by atoms with Gasteiger partial charge in [0.15, 0.2) is 0 Å². The Hall–Kier alpha value is -2.21. The molecule has 0 saturated heterocycles. The monoisotopic (exact) mass is 248 g/mol. The molecule has 0 aliphatic rings. The van der Waals surface area contributed by atoms with Gasteiger partial charge in [-0.3, -0.25) is 0 Å². The molecule has 2 rings (SSSR count). The van der Waals surface area contributed by atoms with E-state index in [2.05, 4.69) is 4.98 Å². The molecule has 0 fully saturated rings. The smallest absolute Gasteiger partial charge is 0.142 e. The van der Waals surface area contributed by atoms with E-state index in [1.165, 1.54) is 0 Å². The van der Waals surface area contributed by atoms with Crippen molar-refractivity contribution in [2.24, 2.45) is 0 Å². The summed E-state index contributed by atoms with van der Waals surface area (Å²) in [6, 6.07) is 5.01. The average molecular weight is 248 g/mol. The standard InChI is InChI=1S/C12H16N4O2/c13-9-1-2-12(11(14)5-9)18-7-10(17)6-16-4-3-15-8-16/h1-5,8,10,17H,6-7,13-14H2. The van der Waals surface area contributed by atoms with Gasteiger partial charge in [-0.25, -0.2) is 4.98 Å². The molecule has 6 heteroatoms. The van der Waals surface area contributed by atoms with Gasteiger partial charge in [-0.2, -0.15) is 0 Å². The Morgan fingerprint density at radius 3 is 2.89 bits per heavy atom. The molecule has 0 aliphatic carbocycles. The molecule has 1 aromatic heterocycles. The zero-order valence-corrected chi connectivity index (χ0v) is 9.86. The van der Waals surface area contributed by atoms with Crippen molar-refractivity contribution in [2.45, 2.75) is 12.6 Å². The Bertz CT molecular complexity index is 499. The third kappa shape index (κ3) is 3.14. The lowest BCUT2D eigenvalue weighted by atomic mass is 10.2. The highest BCUT2D eigenvalue weighted by Gasteiger charge is 2.07. The number of aliphatic hydroxyl groups is 1. The maximum atomic E-state index is 9.79. The third-order valence-electron chi connectivity index (χ3n) is 2.45. The van der Waals surface area contributed by atoms with E-state index >= 15 is 0 Å². The van der Waals surface area contributed by atoms with Crippen molar-refractivity contribution >= 4 is 11.4 Å². The van der Waals surface area contributed by atoms with Gasteiger partial charge in [0, 0.05) is 18.1 Å². The number of benzene rings is 1. The summed E-state index contributed by atoms with van der Waals surface area (Å²) < 4.78 is 7.22. The van der Waals surface area contributed by atoms with E-state index in [1.807, 2.05) is 0 Å². The molecule has 0 spiro atoms. The number of rotatable bonds is 5. The van der Waals surface area contributed by atoms with Crippen LogP contribution in [0.1, 0.15) is 0 Å². The van der Waals surface area contributed by atoms with Crippen molar-refractivity contribution < 1.29 is 9.84 Å². The first-order valence-corrected chi connectivity index (χ1v) is 5.57. The van der Waals surface area contributed by atoms with Gasteiger partial charge in [-0.1, -0.05) is 0 Å². The van der Waals surface area contributed by atoms with Gasteiger partial charge in [0.05, 0.1) is 18.6 Å². The van der Waals surface area contributed by atoms with E-state index in [0.717, 1.165) is 0 Å². The molecule has 0 radical (unpaired) electrons. The van der Waals surface area contributed by atoms with E-state index in [9.17, 15) is 5.11 Å². The molecule has 18 heavy (non-hydrogen) atoms. The zero-order valence-electron chi connectivity index (χ0n) is 9.86. The second kappa shape index (κ2) is 5.42. The van der Waals surface area contributed by atoms with Crippen molar-refractivity contribution in [3.8, 4) is 5.75 Å². The predicted octanol–water partition coefficient (Wildman–Crippen LogP) is 0.487. The molecular weight excluding hydrogens is 232 g/mol. The number of anilines is 2. The SMILES string of the molecule is Nc1ccc(OCC(O)Cn2ccnc2)c(N)c1. The second-order valence-corrected chi connectivity index (χ2v) is 4.02. The van der Waals surface area contributed by atoms with Crippen LogP contribution in [0, 0.1) is 0 Å². The van der Waals surface area contributed by atoms with Gasteiger partial charge in [0.1, 0.15) is 18.5 Å². The molecule has 6 nitrogen and oxygen atoms in total. The predicted molar refractivity (Wildman–Crippen MR) is 69.0 cm³/mol. The normalized spacial score (nSPS) is 12.3. The van der Waals surface area contributed by atoms with Gasteiger partial charge < -0.3 is 25.9 Å². The molecule has 1 unspecified atom stereocenters. The number of aliphatic hydroxyl groups excluding tert-OH is 1. The summed E-state index contributed by atoms with van der Waals surface area (Å²) in [4.78, 5) is 3.89. The summed E-state index contributed by atoms with van der Waals surface area (Å²) >= 11 is 0. The Labute approximate surface area is 105 Å². The number of nitrogens with zero attached hydrogens (tertiary/aromatic N) is 2. The van der Waals surface area contributed by atoms with Crippen molar-refractivity contribution in [3.05, 3.63) is 36.9 Å². The molecule has 0 saturated carbocycles. The minimum Gasteiger partial charge on any atom is -0.489 e. The van der Waals surface area contributed by atoms with E-state index < -0.39 is 6.10 Å². The van der Waals surface area contributed by atoms with Gasteiger partial charge in [-0.05, 0) is 18.2 Å². The molecule has 0 aliphatic heterocycles. The lowest BCUT2D eigenvalue weighted by Gasteiger charge is -2.14. The Morgan fingerprint density at radius 2 is 2.22 bits per heavy atom. The number of imidazole rings is 1.